The van der Waals surface area contributed by atoms with E-state index in [0.717, 1.165) is 0 Å². The molecule has 0 saturated carbocycles. The number of phenols is 1. The lowest BCUT2D eigenvalue weighted by molar-refractivity contribution is -0.385. The van der Waals surface area contributed by atoms with E-state index in [1.807, 2.05) is 12.1 Å². The number of hydrogen-bond donors (Lipinski definition) is 1. The minimum atomic E-state index is -0.510. The quantitative estimate of drug-likeness (QED) is 0.301. The van der Waals surface area contributed by atoms with E-state index >= 15 is 0 Å². The number of para-hydroxylation sites is 2. The van der Waals surface area contributed by atoms with Crippen molar-refractivity contribution in [1.82, 2.24) is 4.98 Å². The fourth-order valence-corrected chi connectivity index (χ4v) is 3.12. The summed E-state index contributed by atoms with van der Waals surface area (Å²) in [5, 5.41) is 21.6. The van der Waals surface area contributed by atoms with Crippen LogP contribution in [0.25, 0.3) is 22.6 Å². The van der Waals surface area contributed by atoms with Crippen LogP contribution in [-0.4, -0.2) is 28.0 Å². The van der Waals surface area contributed by atoms with Gasteiger partial charge in [-0.2, -0.15) is 0 Å². The molecular formula is C21H13N3O6. The molecule has 1 N–H and O–H groups in total. The van der Waals surface area contributed by atoms with E-state index in [9.17, 15) is 15.2 Å². The van der Waals surface area contributed by atoms with Crippen molar-refractivity contribution in [3.05, 3.63) is 70.3 Å². The highest BCUT2D eigenvalue weighted by Crippen LogP contribution is 2.38. The predicted molar refractivity (Wildman–Crippen MR) is 108 cm³/mol. The maximum Gasteiger partial charge on any atom is 0.282 e. The minimum Gasteiger partial charge on any atom is -0.507 e. The number of nitrogens with zero attached hydrogens (tertiary/aromatic N) is 3. The summed E-state index contributed by atoms with van der Waals surface area (Å²) in [6.07, 6.45) is 1.36. The van der Waals surface area contributed by atoms with Gasteiger partial charge in [-0.25, -0.2) is 4.98 Å². The van der Waals surface area contributed by atoms with Crippen molar-refractivity contribution in [1.29, 1.82) is 0 Å². The summed E-state index contributed by atoms with van der Waals surface area (Å²) >= 11 is 0. The molecule has 0 spiro atoms. The molecule has 9 nitrogen and oxygen atoms in total. The summed E-state index contributed by atoms with van der Waals surface area (Å²) < 4.78 is 16.2. The molecule has 5 rings (SSSR count). The van der Waals surface area contributed by atoms with Crippen molar-refractivity contribution in [2.24, 2.45) is 4.99 Å². The van der Waals surface area contributed by atoms with Gasteiger partial charge >= 0.3 is 0 Å². The number of aliphatic imine (C=N–C) groups is 1. The van der Waals surface area contributed by atoms with Gasteiger partial charge in [0.15, 0.2) is 17.1 Å². The fraction of sp³-hybridized carbons (Fsp3) is 0.0476. The maximum atomic E-state index is 11.4. The van der Waals surface area contributed by atoms with E-state index in [4.69, 9.17) is 13.9 Å². The highest BCUT2D eigenvalue weighted by Gasteiger charge is 2.22. The Morgan fingerprint density at radius 2 is 1.90 bits per heavy atom. The molecule has 3 aromatic carbocycles. The second-order valence-electron chi connectivity index (χ2n) is 6.47. The molecule has 0 saturated heterocycles. The van der Waals surface area contributed by atoms with Gasteiger partial charge in [0.05, 0.1) is 27.8 Å². The molecule has 0 amide bonds. The lowest BCUT2D eigenvalue weighted by atomic mass is 10.1. The van der Waals surface area contributed by atoms with Crippen molar-refractivity contribution in [2.45, 2.75) is 0 Å². The summed E-state index contributed by atoms with van der Waals surface area (Å²) in [5.41, 5.74) is 2.19. The Balaban J connectivity index is 1.52. The second-order valence-corrected chi connectivity index (χ2v) is 6.47. The Morgan fingerprint density at radius 3 is 2.70 bits per heavy atom. The molecule has 148 valence electrons. The molecule has 2 heterocycles. The molecule has 0 atom stereocenters. The Kier molecular flexibility index (Phi) is 4.06. The predicted octanol–water partition coefficient (Wildman–Crippen LogP) is 4.59. The van der Waals surface area contributed by atoms with Crippen LogP contribution in [0, 0.1) is 10.1 Å². The van der Waals surface area contributed by atoms with Crippen molar-refractivity contribution in [3.63, 3.8) is 0 Å². The molecule has 0 unspecified atom stereocenters. The third-order valence-electron chi connectivity index (χ3n) is 4.58. The van der Waals surface area contributed by atoms with Crippen LogP contribution < -0.4 is 9.47 Å². The third-order valence-corrected chi connectivity index (χ3v) is 4.58. The number of aromatic hydroxyl groups is 1. The average Bonchev–Trinajstić information content (AvgIpc) is 3.38. The number of rotatable bonds is 4. The molecule has 0 fully saturated rings. The number of nitro groups is 1. The van der Waals surface area contributed by atoms with Crippen molar-refractivity contribution < 1.29 is 23.9 Å². The largest absolute Gasteiger partial charge is 0.507 e. The first-order valence-electron chi connectivity index (χ1n) is 8.89. The summed E-state index contributed by atoms with van der Waals surface area (Å²) in [7, 11) is 0. The summed E-state index contributed by atoms with van der Waals surface area (Å²) in [5.74, 6) is 0.969. The summed E-state index contributed by atoms with van der Waals surface area (Å²) in [4.78, 5) is 19.6. The van der Waals surface area contributed by atoms with Crippen LogP contribution in [0.5, 0.6) is 17.2 Å². The molecule has 1 aliphatic heterocycles. The van der Waals surface area contributed by atoms with Crippen LogP contribution in [0.4, 0.5) is 11.4 Å². The maximum absolute atomic E-state index is 11.4. The van der Waals surface area contributed by atoms with E-state index in [0.29, 0.717) is 33.8 Å². The van der Waals surface area contributed by atoms with Gasteiger partial charge in [0.1, 0.15) is 11.3 Å². The van der Waals surface area contributed by atoms with E-state index in [1.165, 1.54) is 24.4 Å². The SMILES string of the molecule is O=[N+]([O-])c1cc2c(cc1C=Nc1ccc(O)c(-c3nc4ccccc4o3)c1)OCO2. The standard InChI is InChI=1S/C21H13N3O6/c25-17-6-5-13(8-14(17)21-23-15-3-1-2-4-18(15)30-21)22-10-12-7-19-20(29-11-28-19)9-16(12)24(26)27/h1-10,25H,11H2. The smallest absolute Gasteiger partial charge is 0.282 e. The molecule has 0 radical (unpaired) electrons. The number of aromatic nitrogens is 1. The Labute approximate surface area is 169 Å². The zero-order valence-electron chi connectivity index (χ0n) is 15.3. The fourth-order valence-electron chi connectivity index (χ4n) is 3.12. The average molecular weight is 403 g/mol. The Bertz CT molecular complexity index is 1290. The van der Waals surface area contributed by atoms with Gasteiger partial charge in [-0.05, 0) is 36.4 Å². The topological polar surface area (TPSA) is 120 Å². The van der Waals surface area contributed by atoms with E-state index < -0.39 is 4.92 Å². The molecule has 4 aromatic rings. The number of hydrogen-bond acceptors (Lipinski definition) is 8. The molecule has 1 aromatic heterocycles. The normalized spacial score (nSPS) is 12.7. The zero-order chi connectivity index (χ0) is 20.7. The van der Waals surface area contributed by atoms with Crippen molar-refractivity contribution in [2.75, 3.05) is 6.79 Å². The first-order chi connectivity index (χ1) is 14.6. The van der Waals surface area contributed by atoms with Gasteiger partial charge in [-0.15, -0.1) is 0 Å². The van der Waals surface area contributed by atoms with Gasteiger partial charge in [0.25, 0.3) is 5.69 Å². The first-order valence-corrected chi connectivity index (χ1v) is 8.89. The van der Waals surface area contributed by atoms with Crippen LogP contribution in [0.1, 0.15) is 5.56 Å². The first kappa shape index (κ1) is 17.7. The van der Waals surface area contributed by atoms with Crippen LogP contribution >= 0.6 is 0 Å². The number of fused-ring (bicyclic) bond motifs is 2. The van der Waals surface area contributed by atoms with Crippen LogP contribution in [0.3, 0.4) is 0 Å². The second kappa shape index (κ2) is 6.89. The molecule has 0 bridgehead atoms. The number of nitro benzene ring substituents is 1. The summed E-state index contributed by atoms with van der Waals surface area (Å²) in [6, 6.07) is 14.7. The Morgan fingerprint density at radius 1 is 1.10 bits per heavy atom. The summed E-state index contributed by atoms with van der Waals surface area (Å²) in [6.45, 7) is 0.0128. The van der Waals surface area contributed by atoms with E-state index in [1.54, 1.807) is 24.3 Å². The van der Waals surface area contributed by atoms with Gasteiger partial charge < -0.3 is 19.0 Å². The van der Waals surface area contributed by atoms with Gasteiger partial charge in [-0.1, -0.05) is 12.1 Å². The van der Waals surface area contributed by atoms with E-state index in [2.05, 4.69) is 9.98 Å². The molecule has 30 heavy (non-hydrogen) atoms. The molecular weight excluding hydrogens is 390 g/mol. The van der Waals surface area contributed by atoms with Crippen LogP contribution in [0.2, 0.25) is 0 Å². The van der Waals surface area contributed by atoms with Crippen LogP contribution in [-0.2, 0) is 0 Å². The molecule has 9 heteroatoms. The monoisotopic (exact) mass is 403 g/mol. The van der Waals surface area contributed by atoms with Gasteiger partial charge in [0.2, 0.25) is 12.7 Å². The molecule has 1 aliphatic rings. The minimum absolute atomic E-state index is 0.0128. The van der Waals surface area contributed by atoms with E-state index in [-0.39, 0.29) is 29.7 Å². The number of benzene rings is 3. The Hall–Kier alpha value is -4.40. The van der Waals surface area contributed by atoms with Gasteiger partial charge in [-0.3, -0.25) is 15.1 Å². The lowest BCUT2D eigenvalue weighted by Gasteiger charge is -2.03. The van der Waals surface area contributed by atoms with Crippen LogP contribution in [0.15, 0.2) is 64.0 Å². The highest BCUT2D eigenvalue weighted by molar-refractivity contribution is 5.89. The number of phenolic OH excluding ortho intramolecular Hbond substituents is 1. The number of ether oxygens (including phenoxy) is 2. The number of oxazole rings is 1. The lowest BCUT2D eigenvalue weighted by Crippen LogP contribution is -1.94. The highest BCUT2D eigenvalue weighted by atomic mass is 16.7. The van der Waals surface area contributed by atoms with Crippen molar-refractivity contribution in [3.8, 4) is 28.7 Å². The third kappa shape index (κ3) is 3.08. The van der Waals surface area contributed by atoms with Crippen molar-refractivity contribution >= 4 is 28.7 Å². The van der Waals surface area contributed by atoms with Gasteiger partial charge in [0, 0.05) is 6.21 Å². The zero-order valence-corrected chi connectivity index (χ0v) is 15.3. The molecule has 0 aliphatic carbocycles.